The smallest absolute Gasteiger partial charge is 0.254 e. The van der Waals surface area contributed by atoms with Gasteiger partial charge in [-0.15, -0.1) is 0 Å². The van der Waals surface area contributed by atoms with E-state index in [-0.39, 0.29) is 30.1 Å². The number of amides is 1. The van der Waals surface area contributed by atoms with Crippen molar-refractivity contribution < 1.29 is 27.1 Å². The molecule has 4 rings (SSSR count). The molecule has 0 bridgehead atoms. The molecule has 2 aliphatic heterocycles. The summed E-state index contributed by atoms with van der Waals surface area (Å²) in [5, 5.41) is 3.05. The highest BCUT2D eigenvalue weighted by atomic mass is 35.5. The van der Waals surface area contributed by atoms with Crippen LogP contribution in [0, 0.1) is 5.82 Å². The van der Waals surface area contributed by atoms with Crippen molar-refractivity contribution in [3.8, 4) is 0 Å². The van der Waals surface area contributed by atoms with Gasteiger partial charge < -0.3 is 14.8 Å². The summed E-state index contributed by atoms with van der Waals surface area (Å²) in [6.45, 7) is 1.51. The molecule has 0 aromatic heterocycles. The van der Waals surface area contributed by atoms with Crippen molar-refractivity contribution in [1.82, 2.24) is 9.62 Å². The minimum Gasteiger partial charge on any atom is -0.348 e. The third kappa shape index (κ3) is 4.61. The van der Waals surface area contributed by atoms with Crippen LogP contribution in [0.15, 0.2) is 47.4 Å². The second kappa shape index (κ2) is 8.84. The molecule has 10 heteroatoms. The fraction of sp³-hybridized carbons (Fsp3) is 0.381. The van der Waals surface area contributed by atoms with E-state index in [2.05, 4.69) is 5.32 Å². The Morgan fingerprint density at radius 2 is 1.81 bits per heavy atom. The molecular formula is C21H22ClFN2O5S. The van der Waals surface area contributed by atoms with Crippen LogP contribution in [0.2, 0.25) is 5.02 Å². The predicted molar refractivity (Wildman–Crippen MR) is 112 cm³/mol. The molecule has 2 aromatic rings. The van der Waals surface area contributed by atoms with E-state index in [4.69, 9.17) is 21.1 Å². The summed E-state index contributed by atoms with van der Waals surface area (Å²) in [6, 6.07) is 10.2. The molecule has 1 amide bonds. The van der Waals surface area contributed by atoms with E-state index in [1.165, 1.54) is 10.4 Å². The van der Waals surface area contributed by atoms with Crippen LogP contribution in [-0.4, -0.2) is 50.7 Å². The molecule has 2 saturated heterocycles. The average Bonchev–Trinajstić information content (AvgIpc) is 3.21. The number of carbonyl (C=O) groups excluding carboxylic acids is 1. The van der Waals surface area contributed by atoms with E-state index in [9.17, 15) is 17.6 Å². The summed E-state index contributed by atoms with van der Waals surface area (Å²) in [7, 11) is -3.90. The first-order valence-electron chi connectivity index (χ1n) is 9.90. The Morgan fingerprint density at radius 3 is 2.48 bits per heavy atom. The van der Waals surface area contributed by atoms with Gasteiger partial charge in [0.1, 0.15) is 5.82 Å². The van der Waals surface area contributed by atoms with Crippen LogP contribution in [0.4, 0.5) is 4.39 Å². The zero-order valence-electron chi connectivity index (χ0n) is 16.6. The van der Waals surface area contributed by atoms with Crippen molar-refractivity contribution in [3.05, 3.63) is 64.4 Å². The molecule has 2 aromatic carbocycles. The monoisotopic (exact) mass is 468 g/mol. The molecule has 0 atom stereocenters. The van der Waals surface area contributed by atoms with Gasteiger partial charge in [0.2, 0.25) is 10.0 Å². The van der Waals surface area contributed by atoms with Gasteiger partial charge in [0.25, 0.3) is 5.91 Å². The second-order valence-electron chi connectivity index (χ2n) is 7.43. The normalized spacial score (nSPS) is 18.9. The van der Waals surface area contributed by atoms with Gasteiger partial charge in [-0.25, -0.2) is 12.8 Å². The number of benzene rings is 2. The molecule has 7 nitrogen and oxygen atoms in total. The first-order valence-corrected chi connectivity index (χ1v) is 11.7. The number of rotatable bonds is 5. The molecule has 0 saturated carbocycles. The number of carbonyl (C=O) groups is 1. The predicted octanol–water partition coefficient (Wildman–Crippen LogP) is 2.94. The van der Waals surface area contributed by atoms with Gasteiger partial charge in [0.15, 0.2) is 5.79 Å². The molecule has 0 radical (unpaired) electrons. The topological polar surface area (TPSA) is 84.9 Å². The van der Waals surface area contributed by atoms with Crippen molar-refractivity contribution in [1.29, 1.82) is 0 Å². The van der Waals surface area contributed by atoms with Crippen molar-refractivity contribution in [3.63, 3.8) is 0 Å². The SMILES string of the molecule is O=C(NCc1ccccc1Cl)c1cc(S(=O)(=O)N2CCC3(CC2)OCCO3)ccc1F. The summed E-state index contributed by atoms with van der Waals surface area (Å²) in [4.78, 5) is 12.4. The summed E-state index contributed by atoms with van der Waals surface area (Å²) in [5.41, 5.74) is 0.323. The van der Waals surface area contributed by atoms with E-state index in [1.807, 2.05) is 0 Å². The lowest BCUT2D eigenvalue weighted by atomic mass is 10.1. The maximum absolute atomic E-state index is 14.3. The van der Waals surface area contributed by atoms with Gasteiger partial charge in [-0.3, -0.25) is 4.79 Å². The molecule has 2 aliphatic rings. The maximum Gasteiger partial charge on any atom is 0.254 e. The molecule has 1 N–H and O–H groups in total. The Hall–Kier alpha value is -2.04. The largest absolute Gasteiger partial charge is 0.348 e. The van der Waals surface area contributed by atoms with Crippen molar-refractivity contribution in [2.75, 3.05) is 26.3 Å². The fourth-order valence-electron chi connectivity index (χ4n) is 3.75. The quantitative estimate of drug-likeness (QED) is 0.729. The summed E-state index contributed by atoms with van der Waals surface area (Å²) in [5.74, 6) is -2.24. The number of nitrogens with one attached hydrogen (secondary N) is 1. The first-order chi connectivity index (χ1) is 14.8. The summed E-state index contributed by atoms with van der Waals surface area (Å²) >= 11 is 6.07. The van der Waals surface area contributed by atoms with Crippen molar-refractivity contribution in [2.24, 2.45) is 0 Å². The number of hydrogen-bond acceptors (Lipinski definition) is 5. The first kappa shape index (κ1) is 22.2. The van der Waals surface area contributed by atoms with Crippen LogP contribution in [0.5, 0.6) is 0 Å². The van der Waals surface area contributed by atoms with Crippen LogP contribution in [0.1, 0.15) is 28.8 Å². The second-order valence-corrected chi connectivity index (χ2v) is 9.77. The highest BCUT2D eigenvalue weighted by molar-refractivity contribution is 7.89. The highest BCUT2D eigenvalue weighted by Gasteiger charge is 2.42. The van der Waals surface area contributed by atoms with Crippen molar-refractivity contribution >= 4 is 27.5 Å². The molecule has 166 valence electrons. The molecule has 2 fully saturated rings. The number of sulfonamides is 1. The lowest BCUT2D eigenvalue weighted by Crippen LogP contribution is -2.47. The Morgan fingerprint density at radius 1 is 1.13 bits per heavy atom. The van der Waals surface area contributed by atoms with Crippen LogP contribution >= 0.6 is 11.6 Å². The van der Waals surface area contributed by atoms with Crippen molar-refractivity contribution in [2.45, 2.75) is 30.1 Å². The van der Waals surface area contributed by atoms with Crippen LogP contribution in [0.25, 0.3) is 0 Å². The number of piperidine rings is 1. The molecular weight excluding hydrogens is 447 g/mol. The Kier molecular flexibility index (Phi) is 6.32. The fourth-order valence-corrected chi connectivity index (χ4v) is 5.42. The third-order valence-corrected chi connectivity index (χ3v) is 7.78. The minimum atomic E-state index is -3.90. The summed E-state index contributed by atoms with van der Waals surface area (Å²) in [6.07, 6.45) is 0.831. The van der Waals surface area contributed by atoms with Gasteiger partial charge in [-0.1, -0.05) is 29.8 Å². The molecule has 1 spiro atoms. The van der Waals surface area contributed by atoms with Gasteiger partial charge in [0, 0.05) is 37.5 Å². The van der Waals surface area contributed by atoms with E-state index >= 15 is 0 Å². The van der Waals surface area contributed by atoms with E-state index in [1.54, 1.807) is 24.3 Å². The van der Waals surface area contributed by atoms with E-state index in [0.29, 0.717) is 36.6 Å². The Balaban J connectivity index is 1.49. The number of nitrogens with zero attached hydrogens (tertiary/aromatic N) is 1. The van der Waals surface area contributed by atoms with Gasteiger partial charge >= 0.3 is 0 Å². The van der Waals surface area contributed by atoms with Crippen LogP contribution in [-0.2, 0) is 26.0 Å². The van der Waals surface area contributed by atoms with Gasteiger partial charge in [0.05, 0.1) is 23.7 Å². The van der Waals surface area contributed by atoms with Gasteiger partial charge in [-0.2, -0.15) is 4.31 Å². The summed E-state index contributed by atoms with van der Waals surface area (Å²) < 4.78 is 53.0. The Labute approximate surface area is 185 Å². The van der Waals surface area contributed by atoms with E-state index < -0.39 is 27.5 Å². The lowest BCUT2D eigenvalue weighted by molar-refractivity contribution is -0.179. The lowest BCUT2D eigenvalue weighted by Gasteiger charge is -2.36. The zero-order chi connectivity index (χ0) is 22.1. The molecule has 0 unspecified atom stereocenters. The molecule has 31 heavy (non-hydrogen) atoms. The minimum absolute atomic E-state index is 0.0864. The van der Waals surface area contributed by atoms with Gasteiger partial charge in [-0.05, 0) is 29.8 Å². The Bertz CT molecular complexity index is 1080. The van der Waals surface area contributed by atoms with Crippen LogP contribution < -0.4 is 5.32 Å². The number of hydrogen-bond donors (Lipinski definition) is 1. The third-order valence-electron chi connectivity index (χ3n) is 5.52. The number of ether oxygens (including phenoxy) is 2. The average molecular weight is 469 g/mol. The highest BCUT2D eigenvalue weighted by Crippen LogP contribution is 2.33. The number of halogens is 2. The molecule has 0 aliphatic carbocycles. The van der Waals surface area contributed by atoms with Crippen LogP contribution in [0.3, 0.4) is 0 Å². The maximum atomic E-state index is 14.3. The zero-order valence-corrected chi connectivity index (χ0v) is 18.2. The molecule has 2 heterocycles. The van der Waals surface area contributed by atoms with E-state index in [0.717, 1.165) is 12.1 Å². The standard InChI is InChI=1S/C21H22ClFN2O5S/c22-18-4-2-1-3-15(18)14-24-20(26)17-13-16(5-6-19(17)23)31(27,28)25-9-7-21(8-10-25)29-11-12-30-21/h1-6,13H,7-12,14H2,(H,24,26).